The summed E-state index contributed by atoms with van der Waals surface area (Å²) in [4.78, 5) is 31.6. The van der Waals surface area contributed by atoms with Crippen molar-refractivity contribution >= 4 is 28.6 Å². The van der Waals surface area contributed by atoms with Crippen LogP contribution in [0.25, 0.3) is 16.6 Å². The third kappa shape index (κ3) is 4.74. The lowest BCUT2D eigenvalue weighted by Gasteiger charge is -2.32. The minimum absolute atomic E-state index is 0.158. The van der Waals surface area contributed by atoms with Gasteiger partial charge in [0.25, 0.3) is 5.56 Å². The molecule has 0 aliphatic heterocycles. The summed E-state index contributed by atoms with van der Waals surface area (Å²) in [5.74, 6) is -0.00511. The topological polar surface area (TPSA) is 87.8 Å². The maximum atomic E-state index is 13.7. The normalized spacial score (nSPS) is 16.2. The number of aromatic nitrogens is 2. The Morgan fingerprint density at radius 2 is 1.76 bits per heavy atom. The van der Waals surface area contributed by atoms with Gasteiger partial charge in [0.1, 0.15) is 5.54 Å². The highest BCUT2D eigenvalue weighted by Crippen LogP contribution is 2.31. The first-order valence-corrected chi connectivity index (χ1v) is 12.7. The summed E-state index contributed by atoms with van der Waals surface area (Å²) in [5, 5.41) is 13.2. The van der Waals surface area contributed by atoms with Crippen LogP contribution in [0.4, 0.5) is 0 Å². The Hall–Kier alpha value is -3.11. The van der Waals surface area contributed by atoms with Gasteiger partial charge in [-0.2, -0.15) is 5.26 Å². The highest BCUT2D eigenvalue weighted by atomic mass is 32.2. The minimum Gasteiger partial charge on any atom is -0.337 e. The maximum Gasteiger partial charge on any atom is 0.266 e. The molecule has 1 aliphatic rings. The molecule has 1 atom stereocenters. The summed E-state index contributed by atoms with van der Waals surface area (Å²) in [6, 6.07) is 17.4. The van der Waals surface area contributed by atoms with Gasteiger partial charge in [-0.25, -0.2) is 4.98 Å². The molecule has 7 heteroatoms. The number of nitriles is 1. The van der Waals surface area contributed by atoms with E-state index in [1.54, 1.807) is 17.6 Å². The van der Waals surface area contributed by atoms with Crippen molar-refractivity contribution in [3.63, 3.8) is 0 Å². The fourth-order valence-corrected chi connectivity index (χ4v) is 5.47. The van der Waals surface area contributed by atoms with Gasteiger partial charge in [-0.15, -0.1) is 0 Å². The molecule has 0 radical (unpaired) electrons. The Kier molecular flexibility index (Phi) is 7.08. The molecule has 1 aromatic heterocycles. The summed E-state index contributed by atoms with van der Waals surface area (Å²) in [6.07, 6.45) is 4.31. The number of para-hydroxylation sites is 2. The molecule has 2 aromatic carbocycles. The first-order valence-electron chi connectivity index (χ1n) is 11.9. The number of hydrogen-bond acceptors (Lipinski definition) is 5. The van der Waals surface area contributed by atoms with Crippen LogP contribution >= 0.6 is 11.8 Å². The van der Waals surface area contributed by atoms with E-state index in [0.717, 1.165) is 30.5 Å². The zero-order valence-corrected chi connectivity index (χ0v) is 20.7. The Bertz CT molecular complexity index is 1300. The average molecular weight is 475 g/mol. The molecule has 4 rings (SSSR count). The Labute approximate surface area is 204 Å². The number of benzene rings is 2. The molecule has 176 valence electrons. The van der Waals surface area contributed by atoms with Crippen molar-refractivity contribution in [3.05, 3.63) is 64.4 Å². The molecule has 1 fully saturated rings. The van der Waals surface area contributed by atoms with Crippen molar-refractivity contribution in [1.82, 2.24) is 14.9 Å². The second-order valence-corrected chi connectivity index (χ2v) is 10.6. The molecule has 1 heterocycles. The predicted octanol–water partition coefficient (Wildman–Crippen LogP) is 5.33. The van der Waals surface area contributed by atoms with Gasteiger partial charge >= 0.3 is 0 Å². The number of hydrogen-bond donors (Lipinski definition) is 1. The lowest BCUT2D eigenvalue weighted by molar-refractivity contribution is -0.121. The maximum absolute atomic E-state index is 13.7. The number of amides is 1. The molecule has 1 aliphatic carbocycles. The van der Waals surface area contributed by atoms with Crippen molar-refractivity contribution in [1.29, 1.82) is 5.26 Å². The third-order valence-electron chi connectivity index (χ3n) is 6.48. The van der Waals surface area contributed by atoms with Crippen molar-refractivity contribution < 1.29 is 4.79 Å². The second kappa shape index (κ2) is 10.0. The summed E-state index contributed by atoms with van der Waals surface area (Å²) in [7, 11) is 0. The van der Waals surface area contributed by atoms with Crippen LogP contribution in [0.5, 0.6) is 0 Å². The van der Waals surface area contributed by atoms with Crippen molar-refractivity contribution in [2.24, 2.45) is 0 Å². The molecule has 1 amide bonds. The van der Waals surface area contributed by atoms with E-state index in [-0.39, 0.29) is 17.4 Å². The van der Waals surface area contributed by atoms with Crippen LogP contribution in [0.15, 0.2) is 58.5 Å². The zero-order chi connectivity index (χ0) is 24.3. The first-order chi connectivity index (χ1) is 16.3. The fraction of sp³-hybridized carbons (Fsp3) is 0.407. The standard InChI is InChI=1S/C27H30N4O2S/c1-18(2)20-11-6-8-14-23(20)31-25(33)21-12-5-7-13-22(21)29-26(31)34-19(3)24(32)30-27(17-28)15-9-4-10-16-27/h5-8,11-14,18-19H,4,9-10,15-16H2,1-3H3,(H,30,32). The highest BCUT2D eigenvalue weighted by Gasteiger charge is 2.35. The molecular weight excluding hydrogens is 444 g/mol. The molecular formula is C27H30N4O2S. The van der Waals surface area contributed by atoms with E-state index in [2.05, 4.69) is 25.2 Å². The Morgan fingerprint density at radius 3 is 2.47 bits per heavy atom. The summed E-state index contributed by atoms with van der Waals surface area (Å²) >= 11 is 1.25. The molecule has 6 nitrogen and oxygen atoms in total. The van der Waals surface area contributed by atoms with E-state index in [0.29, 0.717) is 28.9 Å². The number of carbonyl (C=O) groups excluding carboxylic acids is 1. The zero-order valence-electron chi connectivity index (χ0n) is 19.9. The van der Waals surface area contributed by atoms with Gasteiger partial charge in [-0.1, -0.05) is 75.2 Å². The van der Waals surface area contributed by atoms with Gasteiger partial charge in [0, 0.05) is 0 Å². The Balaban J connectivity index is 1.75. The lowest BCUT2D eigenvalue weighted by Crippen LogP contribution is -2.51. The van der Waals surface area contributed by atoms with E-state index in [9.17, 15) is 14.9 Å². The minimum atomic E-state index is -0.801. The highest BCUT2D eigenvalue weighted by molar-refractivity contribution is 8.00. The first kappa shape index (κ1) is 24.0. The summed E-state index contributed by atoms with van der Waals surface area (Å²) < 4.78 is 1.63. The molecule has 0 spiro atoms. The number of fused-ring (bicyclic) bond motifs is 1. The van der Waals surface area contributed by atoms with Gasteiger partial charge in [0.2, 0.25) is 5.91 Å². The van der Waals surface area contributed by atoms with E-state index < -0.39 is 10.8 Å². The van der Waals surface area contributed by atoms with Crippen molar-refractivity contribution in [3.8, 4) is 11.8 Å². The predicted molar refractivity (Wildman–Crippen MR) is 136 cm³/mol. The van der Waals surface area contributed by atoms with Gasteiger partial charge in [-0.3, -0.25) is 14.2 Å². The quantitative estimate of drug-likeness (QED) is 0.385. The van der Waals surface area contributed by atoms with E-state index >= 15 is 0 Å². The third-order valence-corrected chi connectivity index (χ3v) is 7.53. The smallest absolute Gasteiger partial charge is 0.266 e. The SMILES string of the molecule is CC(Sc1nc2ccccc2c(=O)n1-c1ccccc1C(C)C)C(=O)NC1(C#N)CCCCC1. The number of nitrogens with zero attached hydrogens (tertiary/aromatic N) is 3. The number of carbonyl (C=O) groups is 1. The molecule has 0 bridgehead atoms. The second-order valence-electron chi connectivity index (χ2n) is 9.27. The van der Waals surface area contributed by atoms with Crippen molar-refractivity contribution in [2.75, 3.05) is 0 Å². The van der Waals surface area contributed by atoms with Crippen LogP contribution < -0.4 is 10.9 Å². The van der Waals surface area contributed by atoms with Gasteiger partial charge in [0.15, 0.2) is 5.16 Å². The van der Waals surface area contributed by atoms with Crippen molar-refractivity contribution in [2.45, 2.75) is 74.7 Å². The lowest BCUT2D eigenvalue weighted by atomic mass is 9.83. The van der Waals surface area contributed by atoms with Crippen LogP contribution in [-0.2, 0) is 4.79 Å². The van der Waals surface area contributed by atoms with Crippen LogP contribution in [0.3, 0.4) is 0 Å². The van der Waals surface area contributed by atoms with E-state index in [1.165, 1.54) is 11.8 Å². The molecule has 1 saturated carbocycles. The van der Waals surface area contributed by atoms with Gasteiger partial charge in [-0.05, 0) is 49.4 Å². The van der Waals surface area contributed by atoms with Gasteiger partial charge < -0.3 is 5.32 Å². The number of thioether (sulfide) groups is 1. The monoisotopic (exact) mass is 474 g/mol. The Morgan fingerprint density at radius 1 is 1.09 bits per heavy atom. The van der Waals surface area contributed by atoms with Crippen LogP contribution in [0, 0.1) is 11.3 Å². The van der Waals surface area contributed by atoms with Crippen LogP contribution in [-0.4, -0.2) is 26.2 Å². The fourth-order valence-electron chi connectivity index (χ4n) is 4.55. The molecule has 1 N–H and O–H groups in total. The molecule has 34 heavy (non-hydrogen) atoms. The van der Waals surface area contributed by atoms with E-state index in [4.69, 9.17) is 4.98 Å². The van der Waals surface area contributed by atoms with Crippen LogP contribution in [0.2, 0.25) is 0 Å². The summed E-state index contributed by atoms with van der Waals surface area (Å²) in [6.45, 7) is 5.98. The largest absolute Gasteiger partial charge is 0.337 e. The number of nitrogens with one attached hydrogen (secondary N) is 1. The number of rotatable bonds is 6. The van der Waals surface area contributed by atoms with Crippen LogP contribution in [0.1, 0.15) is 64.4 Å². The average Bonchev–Trinajstić information content (AvgIpc) is 2.85. The molecule has 3 aromatic rings. The molecule has 1 unspecified atom stereocenters. The summed E-state index contributed by atoms with van der Waals surface area (Å²) in [5.41, 5.74) is 1.45. The van der Waals surface area contributed by atoms with E-state index in [1.807, 2.05) is 42.5 Å². The molecule has 0 saturated heterocycles. The van der Waals surface area contributed by atoms with Gasteiger partial charge in [0.05, 0.1) is 27.9 Å².